The molecule has 0 fully saturated rings. The molecular formula is C21H23N5O4S. The molecule has 3 rings (SSSR count). The molecule has 3 aromatic rings. The van der Waals surface area contributed by atoms with E-state index >= 15 is 0 Å². The average Bonchev–Trinajstić information content (AvgIpc) is 3.08. The lowest BCUT2D eigenvalue weighted by Gasteiger charge is -2.12. The first-order valence-electron chi connectivity index (χ1n) is 9.53. The molecule has 2 heterocycles. The highest BCUT2D eigenvalue weighted by Crippen LogP contribution is 2.27. The van der Waals surface area contributed by atoms with E-state index in [1.54, 1.807) is 33.9 Å². The normalized spacial score (nSPS) is 10.5. The molecule has 0 saturated heterocycles. The van der Waals surface area contributed by atoms with E-state index in [0.29, 0.717) is 45.0 Å². The largest absolute Gasteiger partial charge is 0.495 e. The van der Waals surface area contributed by atoms with Gasteiger partial charge in [-0.3, -0.25) is 4.79 Å². The minimum Gasteiger partial charge on any atom is -0.495 e. The number of anilines is 3. The Bertz CT molecular complexity index is 1130. The number of nitrogens with one attached hydrogen (secondary N) is 2. The van der Waals surface area contributed by atoms with E-state index in [-0.39, 0.29) is 11.9 Å². The summed E-state index contributed by atoms with van der Waals surface area (Å²) < 4.78 is 10.3. The van der Waals surface area contributed by atoms with E-state index in [1.807, 2.05) is 19.1 Å². The zero-order valence-corrected chi connectivity index (χ0v) is 18.7. The summed E-state index contributed by atoms with van der Waals surface area (Å²) in [5, 5.41) is 6.27. The third-order valence-electron chi connectivity index (χ3n) is 4.30. The highest BCUT2D eigenvalue weighted by atomic mass is 32.1. The average molecular weight is 442 g/mol. The smallest absolute Gasteiger partial charge is 0.350 e. The second kappa shape index (κ2) is 9.52. The van der Waals surface area contributed by atoms with Crippen molar-refractivity contribution in [2.24, 2.45) is 0 Å². The molecule has 1 amide bonds. The van der Waals surface area contributed by atoms with Crippen LogP contribution < -0.4 is 15.4 Å². The number of aryl methyl sites for hydroxylation is 3. The van der Waals surface area contributed by atoms with Crippen LogP contribution in [0.4, 0.5) is 16.8 Å². The summed E-state index contributed by atoms with van der Waals surface area (Å²) in [5.41, 5.74) is 2.94. The van der Waals surface area contributed by atoms with Crippen LogP contribution in [-0.4, -0.2) is 40.5 Å². The van der Waals surface area contributed by atoms with Crippen molar-refractivity contribution in [2.45, 2.75) is 27.7 Å². The Labute approximate surface area is 183 Å². The van der Waals surface area contributed by atoms with Crippen molar-refractivity contribution in [3.8, 4) is 5.75 Å². The van der Waals surface area contributed by atoms with Gasteiger partial charge in [-0.15, -0.1) is 0 Å². The first-order chi connectivity index (χ1) is 14.8. The van der Waals surface area contributed by atoms with Crippen LogP contribution in [0.3, 0.4) is 0 Å². The molecular weight excluding hydrogens is 418 g/mol. The molecule has 0 aliphatic carbocycles. The van der Waals surface area contributed by atoms with Crippen LogP contribution in [0.15, 0.2) is 24.4 Å². The van der Waals surface area contributed by atoms with Crippen molar-refractivity contribution < 1.29 is 19.1 Å². The van der Waals surface area contributed by atoms with Crippen LogP contribution in [0.25, 0.3) is 0 Å². The lowest BCUT2D eigenvalue weighted by molar-refractivity contribution is 0.0531. The minimum atomic E-state index is -0.416. The molecule has 2 N–H and O–H groups in total. The van der Waals surface area contributed by atoms with Gasteiger partial charge in [-0.25, -0.2) is 19.7 Å². The molecule has 0 atom stereocenters. The monoisotopic (exact) mass is 441 g/mol. The molecule has 0 aliphatic rings. The molecule has 31 heavy (non-hydrogen) atoms. The van der Waals surface area contributed by atoms with E-state index in [0.717, 1.165) is 16.9 Å². The molecule has 1 aromatic carbocycles. The predicted molar refractivity (Wildman–Crippen MR) is 119 cm³/mol. The van der Waals surface area contributed by atoms with Crippen molar-refractivity contribution >= 4 is 40.0 Å². The van der Waals surface area contributed by atoms with E-state index in [2.05, 4.69) is 25.6 Å². The summed E-state index contributed by atoms with van der Waals surface area (Å²) in [4.78, 5) is 38.0. The Hall–Kier alpha value is -3.53. The fraction of sp³-hybridized carbons (Fsp3) is 0.286. The SMILES string of the molecule is CCOC(=O)c1sc(Nc2ncc(C(=O)Nc3cc(C)ccc3OC)c(C)n2)nc1C. The zero-order valence-electron chi connectivity index (χ0n) is 17.9. The Morgan fingerprint density at radius 3 is 2.58 bits per heavy atom. The topological polar surface area (TPSA) is 115 Å². The predicted octanol–water partition coefficient (Wildman–Crippen LogP) is 4.04. The molecule has 0 unspecified atom stereocenters. The van der Waals surface area contributed by atoms with Crippen molar-refractivity contribution in [3.05, 3.63) is 51.8 Å². The maximum absolute atomic E-state index is 12.7. The number of hydrogen-bond donors (Lipinski definition) is 2. The maximum atomic E-state index is 12.7. The summed E-state index contributed by atoms with van der Waals surface area (Å²) in [6, 6.07) is 5.52. The molecule has 9 nitrogen and oxygen atoms in total. The molecule has 0 spiro atoms. The summed E-state index contributed by atoms with van der Waals surface area (Å²) in [6.07, 6.45) is 1.44. The van der Waals surface area contributed by atoms with Crippen LogP contribution in [0.2, 0.25) is 0 Å². The number of thiazole rings is 1. The van der Waals surface area contributed by atoms with Gasteiger partial charge in [-0.05, 0) is 45.4 Å². The van der Waals surface area contributed by atoms with Crippen LogP contribution in [0, 0.1) is 20.8 Å². The molecule has 0 aliphatic heterocycles. The molecule has 2 aromatic heterocycles. The van der Waals surface area contributed by atoms with Crippen molar-refractivity contribution in [2.75, 3.05) is 24.4 Å². The first-order valence-corrected chi connectivity index (χ1v) is 10.3. The van der Waals surface area contributed by atoms with Crippen molar-refractivity contribution in [3.63, 3.8) is 0 Å². The van der Waals surface area contributed by atoms with Crippen molar-refractivity contribution in [1.29, 1.82) is 0 Å². The lowest BCUT2D eigenvalue weighted by Crippen LogP contribution is -2.16. The second-order valence-electron chi connectivity index (χ2n) is 6.63. The Balaban J connectivity index is 1.76. The fourth-order valence-corrected chi connectivity index (χ4v) is 3.64. The number of carbonyl (C=O) groups excluding carboxylic acids is 2. The minimum absolute atomic E-state index is 0.270. The van der Waals surface area contributed by atoms with Gasteiger partial charge in [0.25, 0.3) is 5.91 Å². The number of esters is 1. The summed E-state index contributed by atoms with van der Waals surface area (Å²) in [5.74, 6) is 0.0718. The van der Waals surface area contributed by atoms with Crippen LogP contribution in [0.5, 0.6) is 5.75 Å². The summed E-state index contributed by atoms with van der Waals surface area (Å²) in [7, 11) is 1.54. The summed E-state index contributed by atoms with van der Waals surface area (Å²) >= 11 is 1.16. The van der Waals surface area contributed by atoms with E-state index in [9.17, 15) is 9.59 Å². The third-order valence-corrected chi connectivity index (χ3v) is 5.36. The fourth-order valence-electron chi connectivity index (χ4n) is 2.79. The number of hydrogen-bond acceptors (Lipinski definition) is 9. The van der Waals surface area contributed by atoms with Gasteiger partial charge in [0.2, 0.25) is 5.95 Å². The van der Waals surface area contributed by atoms with Gasteiger partial charge < -0.3 is 20.1 Å². The summed E-state index contributed by atoms with van der Waals surface area (Å²) in [6.45, 7) is 7.41. The molecule has 162 valence electrons. The number of nitrogens with zero attached hydrogens (tertiary/aromatic N) is 3. The highest BCUT2D eigenvalue weighted by Gasteiger charge is 2.18. The van der Waals surface area contributed by atoms with Gasteiger partial charge in [-0.2, -0.15) is 0 Å². The van der Waals surface area contributed by atoms with Gasteiger partial charge in [0.15, 0.2) is 5.13 Å². The standard InChI is InChI=1S/C21H23N5O4S/c1-6-30-19(28)17-13(4)24-21(31-17)26-20-22-10-14(12(3)23-20)18(27)25-15-9-11(2)7-8-16(15)29-5/h7-10H,6H2,1-5H3,(H,25,27)(H,22,23,24,26). The maximum Gasteiger partial charge on any atom is 0.350 e. The number of benzene rings is 1. The van der Waals surface area contributed by atoms with E-state index in [4.69, 9.17) is 9.47 Å². The zero-order chi connectivity index (χ0) is 22.5. The van der Waals surface area contributed by atoms with Crippen LogP contribution in [0.1, 0.15) is 43.9 Å². The Morgan fingerprint density at radius 2 is 1.90 bits per heavy atom. The van der Waals surface area contributed by atoms with Gasteiger partial charge in [0.1, 0.15) is 10.6 Å². The lowest BCUT2D eigenvalue weighted by atomic mass is 10.2. The van der Waals surface area contributed by atoms with E-state index < -0.39 is 5.97 Å². The number of rotatable bonds is 7. The van der Waals surface area contributed by atoms with Crippen LogP contribution in [-0.2, 0) is 4.74 Å². The number of carbonyl (C=O) groups is 2. The quantitative estimate of drug-likeness (QED) is 0.528. The van der Waals surface area contributed by atoms with Gasteiger partial charge in [0, 0.05) is 6.20 Å². The number of amides is 1. The van der Waals surface area contributed by atoms with Crippen LogP contribution >= 0.6 is 11.3 Å². The van der Waals surface area contributed by atoms with Gasteiger partial charge >= 0.3 is 5.97 Å². The highest BCUT2D eigenvalue weighted by molar-refractivity contribution is 7.17. The molecule has 10 heteroatoms. The second-order valence-corrected chi connectivity index (χ2v) is 7.63. The molecule has 0 radical (unpaired) electrons. The number of methoxy groups -OCH3 is 1. The van der Waals surface area contributed by atoms with Gasteiger partial charge in [0.05, 0.1) is 36.4 Å². The Morgan fingerprint density at radius 1 is 1.13 bits per heavy atom. The molecule has 0 saturated carbocycles. The third kappa shape index (κ3) is 5.15. The molecule has 0 bridgehead atoms. The number of ether oxygens (including phenoxy) is 2. The van der Waals surface area contributed by atoms with E-state index in [1.165, 1.54) is 6.20 Å². The number of aromatic nitrogens is 3. The Kier molecular flexibility index (Phi) is 6.81. The van der Waals surface area contributed by atoms with Crippen molar-refractivity contribution in [1.82, 2.24) is 15.0 Å². The first kappa shape index (κ1) is 22.2. The van der Waals surface area contributed by atoms with Gasteiger partial charge in [-0.1, -0.05) is 17.4 Å².